The summed E-state index contributed by atoms with van der Waals surface area (Å²) in [5.74, 6) is 1.48. The zero-order valence-corrected chi connectivity index (χ0v) is 10.8. The lowest BCUT2D eigenvalue weighted by molar-refractivity contribution is 0.354. The van der Waals surface area contributed by atoms with E-state index < -0.39 is 0 Å². The molecular formula is C13H22N2O2. The van der Waals surface area contributed by atoms with Gasteiger partial charge in [-0.2, -0.15) is 0 Å². The van der Waals surface area contributed by atoms with Crippen molar-refractivity contribution in [3.05, 3.63) is 23.8 Å². The lowest BCUT2D eigenvalue weighted by Gasteiger charge is -2.18. The van der Waals surface area contributed by atoms with E-state index in [0.29, 0.717) is 6.54 Å². The highest BCUT2D eigenvalue weighted by molar-refractivity contribution is 5.43. The summed E-state index contributed by atoms with van der Waals surface area (Å²) in [4.78, 5) is 0. The van der Waals surface area contributed by atoms with Gasteiger partial charge in [-0.15, -0.1) is 0 Å². The van der Waals surface area contributed by atoms with Crippen molar-refractivity contribution in [1.29, 1.82) is 0 Å². The minimum Gasteiger partial charge on any atom is -0.493 e. The normalized spacial score (nSPS) is 12.2. The summed E-state index contributed by atoms with van der Waals surface area (Å²) >= 11 is 0. The molecule has 0 saturated carbocycles. The largest absolute Gasteiger partial charge is 0.493 e. The SMILES string of the molecule is CCCNC(CN)c1ccc(OC)c(OC)c1. The number of nitrogens with one attached hydrogen (secondary N) is 1. The average Bonchev–Trinajstić information content (AvgIpc) is 2.39. The minimum atomic E-state index is 0.162. The van der Waals surface area contributed by atoms with Crippen LogP contribution in [0.2, 0.25) is 0 Å². The molecule has 0 radical (unpaired) electrons. The smallest absolute Gasteiger partial charge is 0.161 e. The number of nitrogens with two attached hydrogens (primary N) is 1. The van der Waals surface area contributed by atoms with Gasteiger partial charge in [-0.3, -0.25) is 0 Å². The van der Waals surface area contributed by atoms with Crippen LogP contribution in [0.1, 0.15) is 24.9 Å². The molecule has 3 N–H and O–H groups in total. The van der Waals surface area contributed by atoms with E-state index in [1.807, 2.05) is 18.2 Å². The monoisotopic (exact) mass is 238 g/mol. The standard InChI is InChI=1S/C13H22N2O2/c1-4-7-15-11(9-14)10-5-6-12(16-2)13(8-10)17-3/h5-6,8,11,15H,4,7,9,14H2,1-3H3. The van der Waals surface area contributed by atoms with Gasteiger partial charge < -0.3 is 20.5 Å². The molecule has 96 valence electrons. The predicted octanol–water partition coefficient (Wildman–Crippen LogP) is 1.70. The lowest BCUT2D eigenvalue weighted by Crippen LogP contribution is -2.28. The molecule has 1 aromatic carbocycles. The molecule has 0 aliphatic rings. The summed E-state index contributed by atoms with van der Waals surface area (Å²) in [6.45, 7) is 3.65. The summed E-state index contributed by atoms with van der Waals surface area (Å²) in [5, 5.41) is 3.40. The molecule has 0 spiro atoms. The highest BCUT2D eigenvalue weighted by Gasteiger charge is 2.11. The zero-order valence-electron chi connectivity index (χ0n) is 10.8. The van der Waals surface area contributed by atoms with Gasteiger partial charge in [-0.1, -0.05) is 13.0 Å². The Morgan fingerprint density at radius 2 is 1.94 bits per heavy atom. The molecule has 4 heteroatoms. The van der Waals surface area contributed by atoms with Crippen LogP contribution in [0.3, 0.4) is 0 Å². The maximum Gasteiger partial charge on any atom is 0.161 e. The Kier molecular flexibility index (Phi) is 5.80. The van der Waals surface area contributed by atoms with Crippen molar-refractivity contribution in [1.82, 2.24) is 5.32 Å². The Balaban J connectivity index is 2.88. The second kappa shape index (κ2) is 7.14. The van der Waals surface area contributed by atoms with Crippen molar-refractivity contribution in [2.45, 2.75) is 19.4 Å². The van der Waals surface area contributed by atoms with Crippen molar-refractivity contribution in [3.63, 3.8) is 0 Å². The number of hydrogen-bond donors (Lipinski definition) is 2. The predicted molar refractivity (Wildman–Crippen MR) is 69.6 cm³/mol. The van der Waals surface area contributed by atoms with E-state index >= 15 is 0 Å². The molecular weight excluding hydrogens is 216 g/mol. The molecule has 0 saturated heterocycles. The third kappa shape index (κ3) is 3.61. The van der Waals surface area contributed by atoms with E-state index in [1.54, 1.807) is 14.2 Å². The summed E-state index contributed by atoms with van der Waals surface area (Å²) in [6.07, 6.45) is 1.09. The molecule has 0 amide bonds. The molecule has 0 aromatic heterocycles. The molecule has 0 bridgehead atoms. The van der Waals surface area contributed by atoms with Crippen LogP contribution in [0.4, 0.5) is 0 Å². The van der Waals surface area contributed by atoms with Crippen molar-refractivity contribution in [3.8, 4) is 11.5 Å². The van der Waals surface area contributed by atoms with Gasteiger partial charge in [0.2, 0.25) is 0 Å². The van der Waals surface area contributed by atoms with E-state index in [4.69, 9.17) is 15.2 Å². The molecule has 1 atom stereocenters. The van der Waals surface area contributed by atoms with Crippen LogP contribution in [0.25, 0.3) is 0 Å². The van der Waals surface area contributed by atoms with Gasteiger partial charge in [0.15, 0.2) is 11.5 Å². The molecule has 0 aliphatic carbocycles. The second-order valence-corrected chi connectivity index (χ2v) is 3.86. The summed E-state index contributed by atoms with van der Waals surface area (Å²) < 4.78 is 10.5. The summed E-state index contributed by atoms with van der Waals surface area (Å²) in [5.41, 5.74) is 6.90. The van der Waals surface area contributed by atoms with E-state index in [-0.39, 0.29) is 6.04 Å². The Morgan fingerprint density at radius 3 is 2.47 bits per heavy atom. The minimum absolute atomic E-state index is 0.162. The molecule has 17 heavy (non-hydrogen) atoms. The first kappa shape index (κ1) is 13.8. The van der Waals surface area contributed by atoms with Gasteiger partial charge in [0.05, 0.1) is 14.2 Å². The lowest BCUT2D eigenvalue weighted by atomic mass is 10.1. The fourth-order valence-corrected chi connectivity index (χ4v) is 1.73. The number of methoxy groups -OCH3 is 2. The molecule has 4 nitrogen and oxygen atoms in total. The van der Waals surface area contributed by atoms with Crippen molar-refractivity contribution in [2.75, 3.05) is 27.3 Å². The molecule has 1 unspecified atom stereocenters. The third-order valence-electron chi connectivity index (χ3n) is 2.69. The van der Waals surface area contributed by atoms with Crippen LogP contribution in [0.15, 0.2) is 18.2 Å². The van der Waals surface area contributed by atoms with Gasteiger partial charge in [0, 0.05) is 12.6 Å². The second-order valence-electron chi connectivity index (χ2n) is 3.86. The average molecular weight is 238 g/mol. The van der Waals surface area contributed by atoms with Crippen LogP contribution in [-0.4, -0.2) is 27.3 Å². The van der Waals surface area contributed by atoms with E-state index in [2.05, 4.69) is 12.2 Å². The van der Waals surface area contributed by atoms with Crippen molar-refractivity contribution in [2.24, 2.45) is 5.73 Å². The fourth-order valence-electron chi connectivity index (χ4n) is 1.73. The van der Waals surface area contributed by atoms with Gasteiger partial charge in [-0.05, 0) is 30.7 Å². The first-order chi connectivity index (χ1) is 8.26. The Bertz CT molecular complexity index is 342. The highest BCUT2D eigenvalue weighted by atomic mass is 16.5. The van der Waals surface area contributed by atoms with Crippen LogP contribution >= 0.6 is 0 Å². The maximum atomic E-state index is 5.77. The highest BCUT2D eigenvalue weighted by Crippen LogP contribution is 2.29. The first-order valence-corrected chi connectivity index (χ1v) is 5.92. The van der Waals surface area contributed by atoms with Crippen molar-refractivity contribution < 1.29 is 9.47 Å². The number of rotatable bonds is 7. The first-order valence-electron chi connectivity index (χ1n) is 5.92. The molecule has 1 rings (SSSR count). The fraction of sp³-hybridized carbons (Fsp3) is 0.538. The van der Waals surface area contributed by atoms with E-state index in [0.717, 1.165) is 30.0 Å². The van der Waals surface area contributed by atoms with Crippen LogP contribution < -0.4 is 20.5 Å². The molecule has 1 aromatic rings. The number of hydrogen-bond acceptors (Lipinski definition) is 4. The van der Waals surface area contributed by atoms with E-state index in [9.17, 15) is 0 Å². The van der Waals surface area contributed by atoms with Gasteiger partial charge in [0.25, 0.3) is 0 Å². The molecule has 0 aliphatic heterocycles. The van der Waals surface area contributed by atoms with Crippen LogP contribution in [0.5, 0.6) is 11.5 Å². The van der Waals surface area contributed by atoms with Crippen LogP contribution in [0, 0.1) is 0 Å². The Morgan fingerprint density at radius 1 is 1.24 bits per heavy atom. The topological polar surface area (TPSA) is 56.5 Å². The van der Waals surface area contributed by atoms with Crippen molar-refractivity contribution >= 4 is 0 Å². The number of benzene rings is 1. The van der Waals surface area contributed by atoms with Gasteiger partial charge in [0.1, 0.15) is 0 Å². The van der Waals surface area contributed by atoms with Crippen LogP contribution in [-0.2, 0) is 0 Å². The Labute approximate surface area is 103 Å². The maximum absolute atomic E-state index is 5.77. The Hall–Kier alpha value is -1.26. The zero-order chi connectivity index (χ0) is 12.7. The summed E-state index contributed by atoms with van der Waals surface area (Å²) in [6, 6.07) is 6.06. The molecule has 0 fully saturated rings. The van der Waals surface area contributed by atoms with Gasteiger partial charge >= 0.3 is 0 Å². The third-order valence-corrected chi connectivity index (χ3v) is 2.69. The number of ether oxygens (including phenoxy) is 2. The molecule has 0 heterocycles. The quantitative estimate of drug-likeness (QED) is 0.759. The summed E-state index contributed by atoms with van der Waals surface area (Å²) in [7, 11) is 3.27. The van der Waals surface area contributed by atoms with E-state index in [1.165, 1.54) is 0 Å². The van der Waals surface area contributed by atoms with Gasteiger partial charge in [-0.25, -0.2) is 0 Å².